The highest BCUT2D eigenvalue weighted by atomic mass is 32.2. The van der Waals surface area contributed by atoms with Crippen molar-refractivity contribution < 1.29 is 22.7 Å². The molecule has 0 amide bonds. The first-order valence-electron chi connectivity index (χ1n) is 8.06. The Bertz CT molecular complexity index is 982. The van der Waals surface area contributed by atoms with Crippen molar-refractivity contribution in [1.29, 1.82) is 0 Å². The van der Waals surface area contributed by atoms with Crippen LogP contribution in [0.25, 0.3) is 11.3 Å². The Morgan fingerprint density at radius 1 is 0.923 bits per heavy atom. The fraction of sp³-hybridized carbons (Fsp3) is 0.250. The number of benzene rings is 2. The lowest BCUT2D eigenvalue weighted by atomic mass is 9.92. The molecule has 6 heteroatoms. The molecule has 0 aromatic heterocycles. The molecule has 2 aromatic carbocycles. The maximum atomic E-state index is 12.9. The number of hydrogen-bond donors (Lipinski definition) is 0. The van der Waals surface area contributed by atoms with Crippen LogP contribution < -0.4 is 4.74 Å². The van der Waals surface area contributed by atoms with Crippen LogP contribution in [0.4, 0.5) is 0 Å². The molecule has 0 atom stereocenters. The van der Waals surface area contributed by atoms with Crippen molar-refractivity contribution in [2.75, 3.05) is 13.4 Å². The topological polar surface area (TPSA) is 69.7 Å². The number of ketones is 1. The molecule has 0 radical (unpaired) electrons. The van der Waals surface area contributed by atoms with Crippen molar-refractivity contribution in [2.45, 2.75) is 24.3 Å². The second-order valence-corrected chi connectivity index (χ2v) is 8.69. The van der Waals surface area contributed by atoms with E-state index in [1.807, 2.05) is 12.1 Å². The van der Waals surface area contributed by atoms with Crippen LogP contribution in [0.1, 0.15) is 25.0 Å². The predicted octanol–water partition coefficient (Wildman–Crippen LogP) is 3.34. The predicted molar refractivity (Wildman–Crippen MR) is 99.5 cm³/mol. The molecule has 0 spiro atoms. The Morgan fingerprint density at radius 3 is 1.96 bits per heavy atom. The van der Waals surface area contributed by atoms with Crippen LogP contribution >= 0.6 is 0 Å². The standard InChI is InChI=1S/C20H20O5S/c1-20(2)19(21)17(13-5-9-15(24-3)10-6-13)18(25-20)14-7-11-16(12-8-14)26(4,22)23/h5-12H,1-4H3. The van der Waals surface area contributed by atoms with Gasteiger partial charge in [0.15, 0.2) is 15.4 Å². The molecule has 1 aliphatic rings. The molecule has 0 N–H and O–H groups in total. The van der Waals surface area contributed by atoms with E-state index < -0.39 is 15.4 Å². The van der Waals surface area contributed by atoms with Crippen LogP contribution in [0.3, 0.4) is 0 Å². The van der Waals surface area contributed by atoms with Gasteiger partial charge in [0.05, 0.1) is 17.6 Å². The average Bonchev–Trinajstić information content (AvgIpc) is 2.84. The van der Waals surface area contributed by atoms with E-state index in [-0.39, 0.29) is 10.7 Å². The molecule has 3 rings (SSSR count). The third-order valence-corrected chi connectivity index (χ3v) is 5.41. The van der Waals surface area contributed by atoms with E-state index in [0.717, 1.165) is 11.8 Å². The fourth-order valence-electron chi connectivity index (χ4n) is 2.83. The van der Waals surface area contributed by atoms with Crippen molar-refractivity contribution in [3.8, 4) is 5.75 Å². The molecule has 0 fully saturated rings. The van der Waals surface area contributed by atoms with Gasteiger partial charge < -0.3 is 9.47 Å². The number of carbonyl (C=O) groups excluding carboxylic acids is 1. The molecule has 26 heavy (non-hydrogen) atoms. The van der Waals surface area contributed by atoms with Gasteiger partial charge in [-0.25, -0.2) is 8.42 Å². The summed E-state index contributed by atoms with van der Waals surface area (Å²) in [6.07, 6.45) is 1.16. The Hall–Kier alpha value is -2.60. The van der Waals surface area contributed by atoms with Crippen LogP contribution in [-0.4, -0.2) is 33.2 Å². The van der Waals surface area contributed by atoms with Gasteiger partial charge in [-0.1, -0.05) is 12.1 Å². The lowest BCUT2D eigenvalue weighted by molar-refractivity contribution is -0.125. The zero-order valence-electron chi connectivity index (χ0n) is 15.1. The SMILES string of the molecule is COc1ccc(C2=C(c3ccc(S(C)(=O)=O)cc3)OC(C)(C)C2=O)cc1. The summed E-state index contributed by atoms with van der Waals surface area (Å²) < 4.78 is 34.4. The van der Waals surface area contributed by atoms with E-state index in [4.69, 9.17) is 9.47 Å². The van der Waals surface area contributed by atoms with Gasteiger partial charge >= 0.3 is 0 Å². The van der Waals surface area contributed by atoms with Crippen molar-refractivity contribution >= 4 is 27.0 Å². The summed E-state index contributed by atoms with van der Waals surface area (Å²) in [5.41, 5.74) is 0.871. The fourth-order valence-corrected chi connectivity index (χ4v) is 3.46. The maximum Gasteiger partial charge on any atom is 0.210 e. The number of carbonyl (C=O) groups is 1. The minimum Gasteiger partial charge on any atom is -0.497 e. The van der Waals surface area contributed by atoms with E-state index >= 15 is 0 Å². The van der Waals surface area contributed by atoms with Gasteiger partial charge in [-0.05, 0) is 55.8 Å². The summed E-state index contributed by atoms with van der Waals surface area (Å²) >= 11 is 0. The molecule has 0 saturated heterocycles. The first-order valence-corrected chi connectivity index (χ1v) is 9.95. The molecule has 0 bridgehead atoms. The number of sulfone groups is 1. The highest BCUT2D eigenvalue weighted by Gasteiger charge is 2.42. The lowest BCUT2D eigenvalue weighted by Gasteiger charge is -2.17. The third-order valence-electron chi connectivity index (χ3n) is 4.28. The molecule has 0 saturated carbocycles. The van der Waals surface area contributed by atoms with Gasteiger partial charge in [0.1, 0.15) is 11.5 Å². The summed E-state index contributed by atoms with van der Waals surface area (Å²) in [5, 5.41) is 0. The van der Waals surface area contributed by atoms with Gasteiger partial charge in [-0.2, -0.15) is 0 Å². The first-order chi connectivity index (χ1) is 12.1. The Morgan fingerprint density at radius 2 is 1.46 bits per heavy atom. The van der Waals surface area contributed by atoms with E-state index in [1.165, 1.54) is 12.1 Å². The van der Waals surface area contributed by atoms with Gasteiger partial charge in [0, 0.05) is 11.8 Å². The first kappa shape index (κ1) is 18.2. The van der Waals surface area contributed by atoms with E-state index in [1.54, 1.807) is 45.2 Å². The van der Waals surface area contributed by atoms with Gasteiger partial charge in [0.2, 0.25) is 5.78 Å². The summed E-state index contributed by atoms with van der Waals surface area (Å²) in [6.45, 7) is 3.44. The molecule has 136 valence electrons. The summed E-state index contributed by atoms with van der Waals surface area (Å²) in [4.78, 5) is 13.1. The summed E-state index contributed by atoms with van der Waals surface area (Å²) in [7, 11) is -1.71. The molecule has 0 unspecified atom stereocenters. The monoisotopic (exact) mass is 372 g/mol. The number of rotatable bonds is 4. The molecule has 1 aliphatic heterocycles. The van der Waals surface area contributed by atoms with E-state index in [0.29, 0.717) is 22.6 Å². The summed E-state index contributed by atoms with van der Waals surface area (Å²) in [5.74, 6) is 1.02. The van der Waals surface area contributed by atoms with Crippen LogP contribution in [-0.2, 0) is 19.4 Å². The zero-order chi connectivity index (χ0) is 19.1. The van der Waals surface area contributed by atoms with Crippen LogP contribution in [0, 0.1) is 0 Å². The summed E-state index contributed by atoms with van der Waals surface area (Å²) in [6, 6.07) is 13.5. The van der Waals surface area contributed by atoms with Crippen molar-refractivity contribution in [1.82, 2.24) is 0 Å². The second-order valence-electron chi connectivity index (χ2n) is 6.67. The normalized spacial score (nSPS) is 16.5. The Labute approximate surface area is 153 Å². The Kier molecular flexibility index (Phi) is 4.40. The highest BCUT2D eigenvalue weighted by Crippen LogP contribution is 2.41. The molecule has 1 heterocycles. The molecular formula is C20H20O5S. The number of hydrogen-bond acceptors (Lipinski definition) is 5. The number of Topliss-reactive ketones (excluding diaryl/α,β-unsaturated/α-hetero) is 1. The van der Waals surface area contributed by atoms with Gasteiger partial charge in [0.25, 0.3) is 0 Å². The minimum atomic E-state index is -3.29. The Balaban J connectivity index is 2.13. The van der Waals surface area contributed by atoms with Gasteiger partial charge in [-0.15, -0.1) is 0 Å². The lowest BCUT2D eigenvalue weighted by Crippen LogP contribution is -2.29. The quantitative estimate of drug-likeness (QED) is 0.823. The van der Waals surface area contributed by atoms with Crippen molar-refractivity contribution in [3.05, 3.63) is 59.7 Å². The average molecular weight is 372 g/mol. The second kappa shape index (κ2) is 6.29. The zero-order valence-corrected chi connectivity index (χ0v) is 15.9. The molecular weight excluding hydrogens is 352 g/mol. The van der Waals surface area contributed by atoms with Crippen LogP contribution in [0.5, 0.6) is 5.75 Å². The van der Waals surface area contributed by atoms with Gasteiger partial charge in [-0.3, -0.25) is 4.79 Å². The maximum absolute atomic E-state index is 12.9. The molecule has 5 nitrogen and oxygen atoms in total. The van der Waals surface area contributed by atoms with Crippen molar-refractivity contribution in [2.24, 2.45) is 0 Å². The highest BCUT2D eigenvalue weighted by molar-refractivity contribution is 7.90. The minimum absolute atomic E-state index is 0.121. The van der Waals surface area contributed by atoms with Crippen molar-refractivity contribution in [3.63, 3.8) is 0 Å². The van der Waals surface area contributed by atoms with E-state index in [9.17, 15) is 13.2 Å². The molecule has 0 aliphatic carbocycles. The smallest absolute Gasteiger partial charge is 0.210 e. The van der Waals surface area contributed by atoms with E-state index in [2.05, 4.69) is 0 Å². The third kappa shape index (κ3) is 3.24. The van der Waals surface area contributed by atoms with Crippen LogP contribution in [0.2, 0.25) is 0 Å². The number of methoxy groups -OCH3 is 1. The molecule has 2 aromatic rings. The largest absolute Gasteiger partial charge is 0.497 e. The van der Waals surface area contributed by atoms with Crippen LogP contribution in [0.15, 0.2) is 53.4 Å². The number of ether oxygens (including phenoxy) is 2.